The van der Waals surface area contributed by atoms with E-state index < -0.39 is 0 Å². The zero-order valence-corrected chi connectivity index (χ0v) is 10.2. The van der Waals surface area contributed by atoms with E-state index in [9.17, 15) is 4.79 Å². The van der Waals surface area contributed by atoms with E-state index in [1.165, 1.54) is 0 Å². The number of rotatable bonds is 8. The van der Waals surface area contributed by atoms with Gasteiger partial charge in [0.1, 0.15) is 0 Å². The minimum atomic E-state index is 0.132. The van der Waals surface area contributed by atoms with E-state index in [1.807, 2.05) is 11.8 Å². The molecule has 88 valence electrons. The highest BCUT2D eigenvalue weighted by Crippen LogP contribution is 2.04. The van der Waals surface area contributed by atoms with Crippen LogP contribution in [0.25, 0.3) is 0 Å². The van der Waals surface area contributed by atoms with Gasteiger partial charge in [0.2, 0.25) is 5.91 Å². The summed E-state index contributed by atoms with van der Waals surface area (Å²) in [6.45, 7) is 11.7. The molecule has 0 saturated heterocycles. The van der Waals surface area contributed by atoms with Crippen molar-refractivity contribution < 1.29 is 9.53 Å². The van der Waals surface area contributed by atoms with Gasteiger partial charge in [0.25, 0.3) is 0 Å². The molecule has 3 nitrogen and oxygen atoms in total. The van der Waals surface area contributed by atoms with E-state index in [2.05, 4.69) is 13.5 Å². The van der Waals surface area contributed by atoms with Crippen LogP contribution < -0.4 is 0 Å². The second-order valence-electron chi connectivity index (χ2n) is 3.58. The molecular formula is C12H23NO2. The Morgan fingerprint density at radius 2 is 2.00 bits per heavy atom. The SMILES string of the molecule is C=C(CCN(CCCC)C(C)=O)OCC. The van der Waals surface area contributed by atoms with Crippen LogP contribution in [0.5, 0.6) is 0 Å². The largest absolute Gasteiger partial charge is 0.499 e. The molecule has 0 atom stereocenters. The average molecular weight is 213 g/mol. The molecule has 0 aliphatic rings. The first-order valence-corrected chi connectivity index (χ1v) is 5.67. The Bertz CT molecular complexity index is 200. The first-order valence-electron chi connectivity index (χ1n) is 5.67. The van der Waals surface area contributed by atoms with E-state index >= 15 is 0 Å². The van der Waals surface area contributed by atoms with Crippen LogP contribution in [0.2, 0.25) is 0 Å². The van der Waals surface area contributed by atoms with Gasteiger partial charge in [-0.05, 0) is 13.3 Å². The maximum Gasteiger partial charge on any atom is 0.219 e. The number of amides is 1. The third kappa shape index (κ3) is 7.00. The second kappa shape index (κ2) is 8.33. The van der Waals surface area contributed by atoms with Gasteiger partial charge in [-0.25, -0.2) is 0 Å². The number of nitrogens with zero attached hydrogens (tertiary/aromatic N) is 1. The lowest BCUT2D eigenvalue weighted by atomic mass is 10.3. The van der Waals surface area contributed by atoms with Crippen molar-refractivity contribution in [2.24, 2.45) is 0 Å². The zero-order valence-electron chi connectivity index (χ0n) is 10.2. The maximum absolute atomic E-state index is 11.3. The van der Waals surface area contributed by atoms with Gasteiger partial charge >= 0.3 is 0 Å². The lowest BCUT2D eigenvalue weighted by molar-refractivity contribution is -0.128. The molecule has 0 unspecified atom stereocenters. The van der Waals surface area contributed by atoms with E-state index in [0.29, 0.717) is 13.2 Å². The molecule has 0 heterocycles. The fourth-order valence-electron chi connectivity index (χ4n) is 1.31. The molecule has 0 radical (unpaired) electrons. The van der Waals surface area contributed by atoms with Crippen LogP contribution in [0.15, 0.2) is 12.3 Å². The maximum atomic E-state index is 11.3. The smallest absolute Gasteiger partial charge is 0.219 e. The van der Waals surface area contributed by atoms with Gasteiger partial charge < -0.3 is 9.64 Å². The quantitative estimate of drug-likeness (QED) is 0.580. The molecule has 0 rings (SSSR count). The Morgan fingerprint density at radius 3 is 2.47 bits per heavy atom. The molecule has 0 aromatic rings. The monoisotopic (exact) mass is 213 g/mol. The van der Waals surface area contributed by atoms with Gasteiger partial charge in [0.05, 0.1) is 12.4 Å². The van der Waals surface area contributed by atoms with Crippen molar-refractivity contribution in [3.8, 4) is 0 Å². The van der Waals surface area contributed by atoms with Gasteiger partial charge in [0.15, 0.2) is 0 Å². The van der Waals surface area contributed by atoms with Crippen molar-refractivity contribution in [2.75, 3.05) is 19.7 Å². The Kier molecular flexibility index (Phi) is 7.78. The average Bonchev–Trinajstić information content (AvgIpc) is 2.17. The van der Waals surface area contributed by atoms with E-state index in [1.54, 1.807) is 6.92 Å². The van der Waals surface area contributed by atoms with E-state index in [0.717, 1.165) is 31.6 Å². The lowest BCUT2D eigenvalue weighted by Gasteiger charge is -2.21. The van der Waals surface area contributed by atoms with Crippen LogP contribution in [-0.2, 0) is 9.53 Å². The number of hydrogen-bond acceptors (Lipinski definition) is 2. The van der Waals surface area contributed by atoms with Crippen LogP contribution in [0.3, 0.4) is 0 Å². The topological polar surface area (TPSA) is 29.5 Å². The van der Waals surface area contributed by atoms with E-state index in [4.69, 9.17) is 4.74 Å². The number of carbonyl (C=O) groups excluding carboxylic acids is 1. The summed E-state index contributed by atoms with van der Waals surface area (Å²) in [5.74, 6) is 0.896. The van der Waals surface area contributed by atoms with Crippen molar-refractivity contribution >= 4 is 5.91 Å². The van der Waals surface area contributed by atoms with Crippen molar-refractivity contribution in [3.63, 3.8) is 0 Å². The molecular weight excluding hydrogens is 190 g/mol. The fraction of sp³-hybridized carbons (Fsp3) is 0.750. The molecule has 1 amide bonds. The summed E-state index contributed by atoms with van der Waals surface area (Å²) < 4.78 is 5.24. The molecule has 0 fully saturated rings. The van der Waals surface area contributed by atoms with Gasteiger partial charge in [-0.15, -0.1) is 0 Å². The summed E-state index contributed by atoms with van der Waals surface area (Å²) in [6.07, 6.45) is 2.90. The molecule has 0 saturated carbocycles. The third-order valence-corrected chi connectivity index (χ3v) is 2.24. The summed E-state index contributed by atoms with van der Waals surface area (Å²) in [4.78, 5) is 13.1. The van der Waals surface area contributed by atoms with Crippen molar-refractivity contribution in [1.29, 1.82) is 0 Å². The highest BCUT2D eigenvalue weighted by atomic mass is 16.5. The van der Waals surface area contributed by atoms with Crippen molar-refractivity contribution in [2.45, 2.75) is 40.0 Å². The molecule has 0 N–H and O–H groups in total. The zero-order chi connectivity index (χ0) is 11.7. The van der Waals surface area contributed by atoms with Crippen molar-refractivity contribution in [1.82, 2.24) is 4.90 Å². The predicted octanol–water partition coefficient (Wildman–Crippen LogP) is 2.58. The first-order chi connectivity index (χ1) is 7.11. The van der Waals surface area contributed by atoms with Gasteiger partial charge in [-0.3, -0.25) is 4.79 Å². The second-order valence-corrected chi connectivity index (χ2v) is 3.58. The molecule has 0 aliphatic carbocycles. The van der Waals surface area contributed by atoms with Gasteiger partial charge in [-0.1, -0.05) is 19.9 Å². The number of hydrogen-bond donors (Lipinski definition) is 0. The Hall–Kier alpha value is -0.990. The molecule has 0 aromatic heterocycles. The summed E-state index contributed by atoms with van der Waals surface area (Å²) in [6, 6.07) is 0. The Balaban J connectivity index is 3.85. The number of unbranched alkanes of at least 4 members (excludes halogenated alkanes) is 1. The van der Waals surface area contributed by atoms with Crippen LogP contribution in [-0.4, -0.2) is 30.5 Å². The molecule has 0 aromatic carbocycles. The van der Waals surface area contributed by atoms with Gasteiger partial charge in [0, 0.05) is 26.4 Å². The molecule has 0 aliphatic heterocycles. The first kappa shape index (κ1) is 14.0. The van der Waals surface area contributed by atoms with Gasteiger partial charge in [-0.2, -0.15) is 0 Å². The molecule has 0 spiro atoms. The highest BCUT2D eigenvalue weighted by molar-refractivity contribution is 5.73. The number of ether oxygens (including phenoxy) is 1. The summed E-state index contributed by atoms with van der Waals surface area (Å²) in [7, 11) is 0. The molecule has 15 heavy (non-hydrogen) atoms. The number of carbonyl (C=O) groups is 1. The Morgan fingerprint density at radius 1 is 1.33 bits per heavy atom. The minimum absolute atomic E-state index is 0.132. The molecule has 3 heteroatoms. The predicted molar refractivity (Wildman–Crippen MR) is 62.5 cm³/mol. The standard InChI is InChI=1S/C12H23NO2/c1-5-7-9-13(12(4)14)10-8-11(3)15-6-2/h3,5-10H2,1-2,4H3. The van der Waals surface area contributed by atoms with Crippen LogP contribution in [0.4, 0.5) is 0 Å². The van der Waals surface area contributed by atoms with Crippen LogP contribution in [0, 0.1) is 0 Å². The van der Waals surface area contributed by atoms with Crippen LogP contribution >= 0.6 is 0 Å². The summed E-state index contributed by atoms with van der Waals surface area (Å²) in [5.41, 5.74) is 0. The lowest BCUT2D eigenvalue weighted by Crippen LogP contribution is -2.31. The molecule has 0 bridgehead atoms. The normalized spacial score (nSPS) is 9.80. The summed E-state index contributed by atoms with van der Waals surface area (Å²) in [5, 5.41) is 0. The Labute approximate surface area is 93.1 Å². The summed E-state index contributed by atoms with van der Waals surface area (Å²) >= 11 is 0. The third-order valence-electron chi connectivity index (χ3n) is 2.24. The highest BCUT2D eigenvalue weighted by Gasteiger charge is 2.08. The van der Waals surface area contributed by atoms with Crippen molar-refractivity contribution in [3.05, 3.63) is 12.3 Å². The minimum Gasteiger partial charge on any atom is -0.499 e. The fourth-order valence-corrected chi connectivity index (χ4v) is 1.31. The van der Waals surface area contributed by atoms with E-state index in [-0.39, 0.29) is 5.91 Å². The van der Waals surface area contributed by atoms with Crippen LogP contribution in [0.1, 0.15) is 40.0 Å².